The Morgan fingerprint density at radius 2 is 0.860 bits per heavy atom. The molecule has 6 rings (SSSR count). The number of rotatable bonds is 3. The number of hydrogen-bond acceptors (Lipinski definition) is 4. The zero-order valence-corrected chi connectivity index (χ0v) is 29.0. The summed E-state index contributed by atoms with van der Waals surface area (Å²) in [5, 5.41) is 0. The number of hydrogen-bond donors (Lipinski definition) is 0. The van der Waals surface area contributed by atoms with Gasteiger partial charge in [-0.25, -0.2) is 0 Å². The maximum Gasteiger partial charge on any atom is 3.00 e. The van der Waals surface area contributed by atoms with E-state index < -0.39 is 31.1 Å². The van der Waals surface area contributed by atoms with Crippen LogP contribution in [-0.2, 0) is 20.1 Å². The van der Waals surface area contributed by atoms with Gasteiger partial charge in [-0.3, -0.25) is 27.5 Å². The second kappa shape index (κ2) is 16.9. The van der Waals surface area contributed by atoms with Gasteiger partial charge < -0.3 is 9.97 Å². The van der Waals surface area contributed by atoms with E-state index in [0.717, 1.165) is 46.8 Å². The van der Waals surface area contributed by atoms with Crippen molar-refractivity contribution in [3.8, 4) is 33.9 Å². The summed E-state index contributed by atoms with van der Waals surface area (Å²) >= 11 is 0. The molecule has 0 radical (unpaired) electrons. The summed E-state index contributed by atoms with van der Waals surface area (Å²) in [4.78, 5) is 16.5. The normalized spacial score (nSPS) is 11.8. The molecule has 4 heterocycles. The van der Waals surface area contributed by atoms with Gasteiger partial charge in [0.25, 0.3) is 0 Å². The van der Waals surface area contributed by atoms with Gasteiger partial charge in [-0.1, -0.05) is 59.7 Å². The van der Waals surface area contributed by atoms with E-state index >= 15 is 0 Å². The van der Waals surface area contributed by atoms with Crippen LogP contribution in [0.4, 0.5) is 42.7 Å². The molecule has 0 unspecified atom stereocenters. The van der Waals surface area contributed by atoms with E-state index in [-0.39, 0.29) is 31.2 Å². The van der Waals surface area contributed by atoms with Gasteiger partial charge in [-0.05, 0) is 60.6 Å². The molecule has 0 N–H and O–H groups in total. The van der Waals surface area contributed by atoms with E-state index in [1.165, 1.54) is 0 Å². The van der Waals surface area contributed by atoms with E-state index in [1.54, 1.807) is 36.9 Å². The first kappa shape index (κ1) is 41.6. The number of nitrogens with zero attached hydrogens (tertiary/aromatic N) is 4. The van der Waals surface area contributed by atoms with Gasteiger partial charge >= 0.3 is 53.1 Å². The molecule has 264 valence electrons. The Morgan fingerprint density at radius 3 is 1.12 bits per heavy atom. The van der Waals surface area contributed by atoms with E-state index in [4.69, 9.17) is 0 Å². The zero-order chi connectivity index (χ0) is 36.3. The predicted molar refractivity (Wildman–Crippen MR) is 167 cm³/mol. The minimum atomic E-state index is -10.7. The minimum absolute atomic E-state index is 0. The van der Waals surface area contributed by atoms with Crippen LogP contribution in [0.3, 0.4) is 0 Å². The monoisotopic (exact) mass is 902 g/mol. The van der Waals surface area contributed by atoms with Crippen molar-refractivity contribution in [2.24, 2.45) is 0 Å². The van der Waals surface area contributed by atoms with Crippen LogP contribution in [0.1, 0.15) is 11.1 Å². The Balaban J connectivity index is 0.000000237. The maximum atomic E-state index is 13.3. The number of benzene rings is 2. The van der Waals surface area contributed by atoms with Crippen molar-refractivity contribution >= 4 is 7.81 Å². The molecule has 0 fully saturated rings. The van der Waals surface area contributed by atoms with E-state index in [1.807, 2.05) is 62.4 Å². The number of pyridine rings is 4. The molecule has 2 aromatic carbocycles. The van der Waals surface area contributed by atoms with E-state index in [9.17, 15) is 42.7 Å². The topological polar surface area (TPSA) is 51.6 Å². The summed E-state index contributed by atoms with van der Waals surface area (Å²) in [6.45, 7) is 3.78. The van der Waals surface area contributed by atoms with Gasteiger partial charge in [0.2, 0.25) is 0 Å². The molecule has 6 aromatic rings. The van der Waals surface area contributed by atoms with Crippen molar-refractivity contribution in [2.75, 3.05) is 0 Å². The van der Waals surface area contributed by atoms with Crippen molar-refractivity contribution < 1.29 is 62.8 Å². The quantitative estimate of drug-likeness (QED) is 0.101. The average molecular weight is 902 g/mol. The Hall–Kier alpha value is -4.58. The summed E-state index contributed by atoms with van der Waals surface area (Å²) in [6.07, 6.45) is 6.80. The summed E-state index contributed by atoms with van der Waals surface area (Å²) in [5.74, 6) is -2.57. The third-order valence-corrected chi connectivity index (χ3v) is 5.64. The SMILES string of the molecule is Cc1ccc(-c2[c-]cc(F)cc2F)nc1.Cc1ccc(-c2[c-]cc(F)cc2F)nc1.F[P-](F)(F)(F)(F)F.[Ir+3].c1ccc(-c2ccccn2)nc1. The fourth-order valence-electron chi connectivity index (χ4n) is 3.54. The second-order valence-corrected chi connectivity index (χ2v) is 11.8. The van der Waals surface area contributed by atoms with Crippen LogP contribution in [0.15, 0.2) is 110 Å². The molecule has 0 amide bonds. The third kappa shape index (κ3) is 16.2. The van der Waals surface area contributed by atoms with Crippen LogP contribution in [0.25, 0.3) is 33.9 Å². The molecular formula is C34H24F10IrN4P. The number of aromatic nitrogens is 4. The summed E-state index contributed by atoms with van der Waals surface area (Å²) in [5.41, 5.74) is 5.10. The van der Waals surface area contributed by atoms with Crippen LogP contribution >= 0.6 is 7.81 Å². The standard InChI is InChI=1S/2C12H8F2N.C10H8N2.F6P.Ir/c2*1-8-2-5-12(15-7-8)10-4-3-9(13)6-11(10)14;1-3-7-11-9(5-1)10-6-2-4-8-12-10;1-7(2,3,4,5)6;/h2*2-3,5-7H,1H3;1-8H;;/q2*-1;;-1;+3. The molecule has 50 heavy (non-hydrogen) atoms. The Kier molecular flexibility index (Phi) is 14.0. The molecule has 16 heteroatoms. The summed E-state index contributed by atoms with van der Waals surface area (Å²) in [6, 6.07) is 27.5. The minimum Gasteiger partial charge on any atom is -0.255 e. The van der Waals surface area contributed by atoms with Crippen molar-refractivity contribution in [2.45, 2.75) is 13.8 Å². The van der Waals surface area contributed by atoms with Crippen LogP contribution in [0, 0.1) is 49.2 Å². The molecule has 4 aromatic heterocycles. The fraction of sp³-hybridized carbons (Fsp3) is 0.0588. The van der Waals surface area contributed by atoms with Crippen LogP contribution in [-0.4, -0.2) is 19.9 Å². The van der Waals surface area contributed by atoms with Crippen LogP contribution in [0.5, 0.6) is 0 Å². The van der Waals surface area contributed by atoms with Crippen LogP contribution in [0.2, 0.25) is 0 Å². The average Bonchev–Trinajstić information content (AvgIpc) is 3.02. The molecule has 0 atom stereocenters. The Labute approximate surface area is 293 Å². The molecule has 0 aliphatic carbocycles. The molecule has 0 saturated heterocycles. The van der Waals surface area contributed by atoms with Crippen molar-refractivity contribution in [1.82, 2.24) is 19.9 Å². The van der Waals surface area contributed by atoms with Gasteiger partial charge in [0.1, 0.15) is 0 Å². The van der Waals surface area contributed by atoms with Gasteiger partial charge in [0.15, 0.2) is 0 Å². The Morgan fingerprint density at radius 1 is 0.500 bits per heavy atom. The number of halogens is 10. The molecule has 0 bridgehead atoms. The van der Waals surface area contributed by atoms with Crippen molar-refractivity contribution in [1.29, 1.82) is 0 Å². The summed E-state index contributed by atoms with van der Waals surface area (Å²) < 4.78 is 111. The van der Waals surface area contributed by atoms with Crippen molar-refractivity contribution in [3.05, 3.63) is 156 Å². The smallest absolute Gasteiger partial charge is 0.255 e. The first-order valence-corrected chi connectivity index (χ1v) is 15.8. The fourth-order valence-corrected chi connectivity index (χ4v) is 3.54. The first-order chi connectivity index (χ1) is 22.7. The van der Waals surface area contributed by atoms with E-state index in [2.05, 4.69) is 32.1 Å². The zero-order valence-electron chi connectivity index (χ0n) is 25.7. The van der Waals surface area contributed by atoms with Gasteiger partial charge in [-0.15, -0.1) is 24.3 Å². The molecule has 0 spiro atoms. The molecule has 0 saturated carbocycles. The third-order valence-electron chi connectivity index (χ3n) is 5.64. The second-order valence-electron chi connectivity index (χ2n) is 9.91. The van der Waals surface area contributed by atoms with Gasteiger partial charge in [0, 0.05) is 48.1 Å². The largest absolute Gasteiger partial charge is 3.00 e. The number of aryl methyl sites for hydroxylation is 2. The van der Waals surface area contributed by atoms with Gasteiger partial charge in [-0.2, -0.15) is 0 Å². The molecule has 0 aliphatic heterocycles. The maximum absolute atomic E-state index is 13.3. The van der Waals surface area contributed by atoms with Gasteiger partial charge in [0.05, 0.1) is 11.4 Å². The predicted octanol–water partition coefficient (Wildman–Crippen LogP) is 11.8. The van der Waals surface area contributed by atoms with Crippen LogP contribution < -0.4 is 0 Å². The first-order valence-electron chi connectivity index (χ1n) is 13.7. The molecule has 0 aliphatic rings. The van der Waals surface area contributed by atoms with Crippen molar-refractivity contribution in [3.63, 3.8) is 0 Å². The summed E-state index contributed by atoms with van der Waals surface area (Å²) in [7, 11) is -10.7. The molecular weight excluding hydrogens is 878 g/mol. The van der Waals surface area contributed by atoms with E-state index in [0.29, 0.717) is 11.4 Å². The molecule has 4 nitrogen and oxygen atoms in total. The Bertz CT molecular complexity index is 1810.